The Balaban J connectivity index is 1.56. The van der Waals surface area contributed by atoms with Gasteiger partial charge in [0.15, 0.2) is 23.0 Å². The minimum Gasteiger partial charge on any atom is -0.493 e. The number of benzene rings is 3. The highest BCUT2D eigenvalue weighted by atomic mass is 35.5. The van der Waals surface area contributed by atoms with E-state index in [4.69, 9.17) is 40.0 Å². The quantitative estimate of drug-likeness (QED) is 0.0759. The summed E-state index contributed by atoms with van der Waals surface area (Å²) in [6.45, 7) is 2.12. The van der Waals surface area contributed by atoms with Crippen LogP contribution in [0.1, 0.15) is 55.1 Å². The molecule has 1 fully saturated rings. The predicted molar refractivity (Wildman–Crippen MR) is 174 cm³/mol. The van der Waals surface area contributed by atoms with Crippen molar-refractivity contribution in [3.05, 3.63) is 82.5 Å². The van der Waals surface area contributed by atoms with Crippen LogP contribution in [0.25, 0.3) is 0 Å². The molecule has 0 saturated carbocycles. The highest BCUT2D eigenvalue weighted by Crippen LogP contribution is 2.47. The number of hydrogen-bond donors (Lipinski definition) is 1. The van der Waals surface area contributed by atoms with Crippen molar-refractivity contribution in [2.24, 2.45) is 0 Å². The summed E-state index contributed by atoms with van der Waals surface area (Å²) in [6, 6.07) is 15.5. The number of amides is 1. The molecule has 2 unspecified atom stereocenters. The Kier molecular flexibility index (Phi) is 12.7. The van der Waals surface area contributed by atoms with Crippen molar-refractivity contribution in [1.29, 1.82) is 0 Å². The van der Waals surface area contributed by atoms with Gasteiger partial charge in [0.2, 0.25) is 11.7 Å². The van der Waals surface area contributed by atoms with Crippen LogP contribution in [0.15, 0.2) is 65.7 Å². The summed E-state index contributed by atoms with van der Waals surface area (Å²) in [6.07, 6.45) is 4.86. The van der Waals surface area contributed by atoms with Gasteiger partial charge in [0.05, 0.1) is 47.3 Å². The van der Waals surface area contributed by atoms with Crippen LogP contribution in [-0.4, -0.2) is 57.0 Å². The van der Waals surface area contributed by atoms with E-state index in [1.165, 1.54) is 6.20 Å². The van der Waals surface area contributed by atoms with Gasteiger partial charge in [-0.1, -0.05) is 24.6 Å². The fourth-order valence-electron chi connectivity index (χ4n) is 5.11. The fraction of sp³-hybridized carbons (Fsp3) is 0.382. The first kappa shape index (κ1) is 34.3. The van der Waals surface area contributed by atoms with E-state index in [9.17, 15) is 10.0 Å². The molecule has 1 heterocycles. The molecule has 45 heavy (non-hydrogen) atoms. The molecule has 1 aliphatic heterocycles. The lowest BCUT2D eigenvalue weighted by Gasteiger charge is -2.20. The molecule has 0 aromatic heterocycles. The molecule has 11 heteroatoms. The van der Waals surface area contributed by atoms with Crippen molar-refractivity contribution < 1.29 is 38.4 Å². The van der Waals surface area contributed by atoms with E-state index in [2.05, 4.69) is 0 Å². The molecule has 1 amide bonds. The fourth-order valence-corrected chi connectivity index (χ4v) is 5.97. The third-order valence-electron chi connectivity index (χ3n) is 7.38. The van der Waals surface area contributed by atoms with Gasteiger partial charge in [-0.15, -0.1) is 11.8 Å². The Bertz CT molecular complexity index is 1440. The lowest BCUT2D eigenvalue weighted by Crippen LogP contribution is -2.20. The van der Waals surface area contributed by atoms with Crippen LogP contribution in [0.3, 0.4) is 0 Å². The van der Waals surface area contributed by atoms with Crippen LogP contribution < -0.4 is 23.7 Å². The molecule has 3 aromatic carbocycles. The van der Waals surface area contributed by atoms with Crippen LogP contribution >= 0.6 is 23.4 Å². The lowest BCUT2D eigenvalue weighted by molar-refractivity contribution is -0.153. The van der Waals surface area contributed by atoms with E-state index in [0.29, 0.717) is 57.6 Å². The summed E-state index contributed by atoms with van der Waals surface area (Å²) in [5.74, 6) is 3.18. The van der Waals surface area contributed by atoms with E-state index >= 15 is 0 Å². The van der Waals surface area contributed by atoms with Gasteiger partial charge in [0, 0.05) is 33.9 Å². The van der Waals surface area contributed by atoms with Gasteiger partial charge in [-0.05, 0) is 78.9 Å². The second kappa shape index (κ2) is 16.7. The number of thioether (sulfide) groups is 1. The highest BCUT2D eigenvalue weighted by molar-refractivity contribution is 7.99. The smallest absolute Gasteiger partial charge is 0.249 e. The highest BCUT2D eigenvalue weighted by Gasteiger charge is 2.31. The Hall–Kier alpha value is -3.57. The van der Waals surface area contributed by atoms with Crippen molar-refractivity contribution in [3.63, 3.8) is 0 Å². The zero-order chi connectivity index (χ0) is 32.3. The number of hydrogen-bond acceptors (Lipinski definition) is 9. The van der Waals surface area contributed by atoms with Crippen molar-refractivity contribution in [3.8, 4) is 28.7 Å². The molecule has 1 N–H and O–H groups in total. The Morgan fingerprint density at radius 2 is 1.51 bits per heavy atom. The number of carbonyl (C=O) groups excluding carboxylic acids is 1. The minimum absolute atomic E-state index is 0.179. The molecule has 2 atom stereocenters. The van der Waals surface area contributed by atoms with Crippen molar-refractivity contribution >= 4 is 29.3 Å². The van der Waals surface area contributed by atoms with Crippen LogP contribution in [0.5, 0.6) is 28.7 Å². The molecule has 242 valence electrons. The molecule has 1 saturated heterocycles. The summed E-state index contributed by atoms with van der Waals surface area (Å²) in [7, 11) is 6.37. The normalized spacial score (nSPS) is 16.1. The number of rotatable bonds is 15. The third kappa shape index (κ3) is 8.79. The largest absolute Gasteiger partial charge is 0.493 e. The maximum Gasteiger partial charge on any atom is 0.249 e. The summed E-state index contributed by atoms with van der Waals surface area (Å²) in [5, 5.41) is 11.3. The Labute approximate surface area is 273 Å². The molecule has 4 rings (SSSR count). The third-order valence-corrected chi connectivity index (χ3v) is 8.61. The van der Waals surface area contributed by atoms with Crippen LogP contribution in [0, 0.1) is 0 Å². The van der Waals surface area contributed by atoms with E-state index in [1.54, 1.807) is 53.2 Å². The van der Waals surface area contributed by atoms with Crippen LogP contribution in [0.2, 0.25) is 5.02 Å². The maximum atomic E-state index is 11.9. The number of carbonyl (C=O) groups is 1. The van der Waals surface area contributed by atoms with Crippen LogP contribution in [-0.2, 0) is 16.0 Å². The van der Waals surface area contributed by atoms with Gasteiger partial charge in [-0.25, -0.2) is 0 Å². The van der Waals surface area contributed by atoms with Gasteiger partial charge in [0.1, 0.15) is 0 Å². The van der Waals surface area contributed by atoms with Gasteiger partial charge in [-0.2, -0.15) is 5.06 Å². The summed E-state index contributed by atoms with van der Waals surface area (Å²) in [5.41, 5.74) is 2.72. The molecule has 0 spiro atoms. The van der Waals surface area contributed by atoms with E-state index in [1.807, 2.05) is 48.5 Å². The number of nitrogens with zero attached hydrogens (tertiary/aromatic N) is 1. The molecular weight excluding hydrogens is 618 g/mol. The van der Waals surface area contributed by atoms with Crippen molar-refractivity contribution in [2.75, 3.05) is 40.8 Å². The first-order valence-corrected chi connectivity index (χ1v) is 16.0. The monoisotopic (exact) mass is 657 g/mol. The zero-order valence-electron chi connectivity index (χ0n) is 26.2. The summed E-state index contributed by atoms with van der Waals surface area (Å²) < 4.78 is 35.2. The minimum atomic E-state index is -0.398. The van der Waals surface area contributed by atoms with Crippen molar-refractivity contribution in [2.45, 2.75) is 49.7 Å². The molecule has 3 aromatic rings. The first-order valence-electron chi connectivity index (χ1n) is 14.7. The second-order valence-electron chi connectivity index (χ2n) is 10.2. The zero-order valence-corrected chi connectivity index (χ0v) is 27.8. The van der Waals surface area contributed by atoms with Gasteiger partial charge in [0.25, 0.3) is 0 Å². The Morgan fingerprint density at radius 3 is 2.07 bits per heavy atom. The molecule has 0 bridgehead atoms. The van der Waals surface area contributed by atoms with E-state index in [-0.39, 0.29) is 18.6 Å². The lowest BCUT2D eigenvalue weighted by atomic mass is 9.99. The number of methoxy groups -OCH3 is 4. The van der Waals surface area contributed by atoms with Gasteiger partial charge in [-0.3, -0.25) is 10.0 Å². The van der Waals surface area contributed by atoms with Crippen LogP contribution in [0.4, 0.5) is 0 Å². The maximum absolute atomic E-state index is 11.9. The Morgan fingerprint density at radius 1 is 0.933 bits per heavy atom. The number of halogens is 1. The molecule has 1 aliphatic rings. The average Bonchev–Trinajstić information content (AvgIpc) is 3.57. The molecular formula is C34H40ClNO8S. The van der Waals surface area contributed by atoms with Crippen molar-refractivity contribution in [1.82, 2.24) is 5.06 Å². The summed E-state index contributed by atoms with van der Waals surface area (Å²) >= 11 is 7.67. The number of allylic oxidation sites excluding steroid dienone is 1. The van der Waals surface area contributed by atoms with Gasteiger partial charge < -0.3 is 28.4 Å². The second-order valence-corrected chi connectivity index (χ2v) is 11.8. The predicted octanol–water partition coefficient (Wildman–Crippen LogP) is 7.82. The molecule has 9 nitrogen and oxygen atoms in total. The topological polar surface area (TPSA) is 95.9 Å². The number of ether oxygens (including phenoxy) is 6. The summed E-state index contributed by atoms with van der Waals surface area (Å²) in [4.78, 5) is 12.9. The molecule has 0 radical (unpaired) electrons. The number of hydroxylamine groups is 2. The van der Waals surface area contributed by atoms with E-state index in [0.717, 1.165) is 34.4 Å². The average molecular weight is 658 g/mol. The molecule has 0 aliphatic carbocycles. The van der Waals surface area contributed by atoms with Gasteiger partial charge >= 0.3 is 0 Å². The standard InChI is InChI=1S/C34H40ClNO8S/c1-6-32(37)36(38)15-7-8-22-18-23(19-29(39-2)33(22)43-16-17-45-26-11-9-25(35)10-12-26)27-13-14-28(44-27)24-20-30(40-3)34(42-5)31(21-24)41-4/h7,9-12,15,18-21,27-28,38H,6,8,13-14,16-17H2,1-5H3/b15-7+. The SMILES string of the molecule is CCC(=O)N(O)/C=C/Cc1cc(C2CCC(c3cc(OC)c(OC)c(OC)c3)O2)cc(OC)c1OCCSc1ccc(Cl)cc1. The first-order chi connectivity index (χ1) is 21.8. The van der Waals surface area contributed by atoms with E-state index < -0.39 is 5.91 Å².